The van der Waals surface area contributed by atoms with E-state index in [0.29, 0.717) is 10.6 Å². The second kappa shape index (κ2) is 5.04. The number of aliphatic carboxylic acids is 1. The van der Waals surface area contributed by atoms with Crippen molar-refractivity contribution in [2.75, 3.05) is 6.61 Å². The minimum atomic E-state index is -1.28. The van der Waals surface area contributed by atoms with Gasteiger partial charge in [-0.2, -0.15) is 0 Å². The molecular weight excluding hydrogens is 232 g/mol. The third-order valence-electron chi connectivity index (χ3n) is 1.90. The number of hydrogen-bond acceptors (Lipinski definition) is 5. The molecular formula is C9H12N2O4S. The number of carboxylic acids is 1. The maximum atomic E-state index is 11.6. The highest BCUT2D eigenvalue weighted by Gasteiger charge is 2.22. The third-order valence-corrected chi connectivity index (χ3v) is 2.97. The average molecular weight is 244 g/mol. The van der Waals surface area contributed by atoms with E-state index in [4.69, 9.17) is 10.2 Å². The van der Waals surface area contributed by atoms with E-state index in [2.05, 4.69) is 10.3 Å². The van der Waals surface area contributed by atoms with Crippen LogP contribution in [-0.4, -0.2) is 39.7 Å². The van der Waals surface area contributed by atoms with Gasteiger partial charge in [0.05, 0.1) is 17.3 Å². The van der Waals surface area contributed by atoms with Gasteiger partial charge in [-0.05, 0) is 13.8 Å². The molecule has 0 spiro atoms. The number of aryl methyl sites for hydroxylation is 2. The van der Waals surface area contributed by atoms with Crippen molar-refractivity contribution >= 4 is 23.2 Å². The highest BCUT2D eigenvalue weighted by molar-refractivity contribution is 7.13. The van der Waals surface area contributed by atoms with Gasteiger partial charge in [-0.3, -0.25) is 4.79 Å². The van der Waals surface area contributed by atoms with Gasteiger partial charge in [-0.15, -0.1) is 11.3 Å². The number of amides is 1. The van der Waals surface area contributed by atoms with E-state index in [-0.39, 0.29) is 0 Å². The van der Waals surface area contributed by atoms with Crippen LogP contribution in [0.3, 0.4) is 0 Å². The first kappa shape index (κ1) is 12.6. The molecule has 0 aliphatic carbocycles. The lowest BCUT2D eigenvalue weighted by Crippen LogP contribution is -2.43. The first-order chi connectivity index (χ1) is 7.45. The zero-order chi connectivity index (χ0) is 12.3. The Labute approximate surface area is 95.9 Å². The van der Waals surface area contributed by atoms with Crippen molar-refractivity contribution in [1.29, 1.82) is 0 Å². The monoisotopic (exact) mass is 244 g/mol. The Morgan fingerprint density at radius 1 is 1.50 bits per heavy atom. The molecule has 0 aromatic carbocycles. The van der Waals surface area contributed by atoms with Crippen LogP contribution in [0.15, 0.2) is 0 Å². The summed E-state index contributed by atoms with van der Waals surface area (Å²) in [4.78, 5) is 26.7. The molecule has 88 valence electrons. The predicted molar refractivity (Wildman–Crippen MR) is 57.6 cm³/mol. The molecule has 1 rings (SSSR count). The first-order valence-electron chi connectivity index (χ1n) is 4.54. The summed E-state index contributed by atoms with van der Waals surface area (Å²) < 4.78 is 0. The number of thiazole rings is 1. The van der Waals surface area contributed by atoms with Crippen LogP contribution in [0.5, 0.6) is 0 Å². The number of aromatic nitrogens is 1. The van der Waals surface area contributed by atoms with E-state index in [9.17, 15) is 9.59 Å². The van der Waals surface area contributed by atoms with E-state index >= 15 is 0 Å². The van der Waals surface area contributed by atoms with Crippen molar-refractivity contribution < 1.29 is 19.8 Å². The van der Waals surface area contributed by atoms with Crippen molar-refractivity contribution in [3.8, 4) is 0 Å². The number of aliphatic hydroxyl groups is 1. The van der Waals surface area contributed by atoms with Crippen LogP contribution >= 0.6 is 11.3 Å². The summed E-state index contributed by atoms with van der Waals surface area (Å²) in [6.45, 7) is 2.79. The summed E-state index contributed by atoms with van der Waals surface area (Å²) in [5.74, 6) is -1.79. The third kappa shape index (κ3) is 2.77. The van der Waals surface area contributed by atoms with Gasteiger partial charge in [0.1, 0.15) is 4.88 Å². The Morgan fingerprint density at radius 3 is 2.50 bits per heavy atom. The van der Waals surface area contributed by atoms with Gasteiger partial charge >= 0.3 is 5.97 Å². The smallest absolute Gasteiger partial charge is 0.328 e. The molecule has 1 aromatic rings. The van der Waals surface area contributed by atoms with Crippen LogP contribution in [0.2, 0.25) is 0 Å². The van der Waals surface area contributed by atoms with Gasteiger partial charge in [-0.25, -0.2) is 9.78 Å². The predicted octanol–water partition coefficient (Wildman–Crippen LogP) is -0.0648. The Kier molecular flexibility index (Phi) is 3.97. The van der Waals surface area contributed by atoms with Gasteiger partial charge in [0.2, 0.25) is 0 Å². The fourth-order valence-corrected chi connectivity index (χ4v) is 1.97. The molecule has 16 heavy (non-hydrogen) atoms. The number of nitrogens with one attached hydrogen (secondary N) is 1. The lowest BCUT2D eigenvalue weighted by Gasteiger charge is -2.10. The lowest BCUT2D eigenvalue weighted by atomic mass is 10.3. The van der Waals surface area contributed by atoms with E-state index < -0.39 is 24.5 Å². The maximum absolute atomic E-state index is 11.6. The summed E-state index contributed by atoms with van der Waals surface area (Å²) in [6.07, 6.45) is 0. The molecule has 0 fully saturated rings. The molecule has 6 nitrogen and oxygen atoms in total. The molecule has 1 atom stereocenters. The number of nitrogens with zero attached hydrogens (tertiary/aromatic N) is 1. The molecule has 0 aliphatic rings. The number of carboxylic acid groups (broad SMARTS) is 1. The Bertz CT molecular complexity index is 416. The lowest BCUT2D eigenvalue weighted by molar-refractivity contribution is -0.140. The minimum Gasteiger partial charge on any atom is -0.480 e. The highest BCUT2D eigenvalue weighted by Crippen LogP contribution is 2.16. The molecule has 0 saturated heterocycles. The van der Waals surface area contributed by atoms with E-state index in [0.717, 1.165) is 5.01 Å². The molecule has 1 aromatic heterocycles. The number of aliphatic hydroxyl groups excluding tert-OH is 1. The minimum absolute atomic E-state index is 0.372. The quantitative estimate of drug-likeness (QED) is 0.688. The molecule has 3 N–H and O–H groups in total. The number of carbonyl (C=O) groups is 2. The second-order valence-corrected chi connectivity index (χ2v) is 4.40. The number of hydrogen-bond donors (Lipinski definition) is 3. The van der Waals surface area contributed by atoms with E-state index in [1.54, 1.807) is 13.8 Å². The fourth-order valence-electron chi connectivity index (χ4n) is 1.15. The SMILES string of the molecule is Cc1nc(C)c(C(=O)N[C@@H](CO)C(=O)O)s1. The van der Waals surface area contributed by atoms with Gasteiger partial charge in [0.25, 0.3) is 5.91 Å². The van der Waals surface area contributed by atoms with E-state index in [1.165, 1.54) is 11.3 Å². The van der Waals surface area contributed by atoms with Crippen LogP contribution in [-0.2, 0) is 4.79 Å². The van der Waals surface area contributed by atoms with Crippen LogP contribution in [0.4, 0.5) is 0 Å². The van der Waals surface area contributed by atoms with Gasteiger partial charge in [-0.1, -0.05) is 0 Å². The zero-order valence-corrected chi connectivity index (χ0v) is 9.67. The molecule has 1 amide bonds. The van der Waals surface area contributed by atoms with Crippen molar-refractivity contribution in [2.24, 2.45) is 0 Å². The van der Waals surface area contributed by atoms with Crippen molar-refractivity contribution in [1.82, 2.24) is 10.3 Å². The Morgan fingerprint density at radius 2 is 2.12 bits per heavy atom. The number of carbonyl (C=O) groups excluding carboxylic acids is 1. The zero-order valence-electron chi connectivity index (χ0n) is 8.85. The molecule has 7 heteroatoms. The summed E-state index contributed by atoms with van der Waals surface area (Å²) in [5.41, 5.74) is 0.557. The summed E-state index contributed by atoms with van der Waals surface area (Å²) in [6, 6.07) is -1.28. The number of rotatable bonds is 4. The van der Waals surface area contributed by atoms with Gasteiger partial charge in [0.15, 0.2) is 6.04 Å². The van der Waals surface area contributed by atoms with Gasteiger partial charge in [0, 0.05) is 0 Å². The Balaban J connectivity index is 2.79. The van der Waals surface area contributed by atoms with Crippen LogP contribution in [0.1, 0.15) is 20.4 Å². The standard InChI is InChI=1S/C9H12N2O4S/c1-4-7(16-5(2)10-4)8(13)11-6(3-12)9(14)15/h6,12H,3H2,1-2H3,(H,11,13)(H,14,15)/t6-/m0/s1. The van der Waals surface area contributed by atoms with Crippen molar-refractivity contribution in [3.05, 3.63) is 15.6 Å². The summed E-state index contributed by atoms with van der Waals surface area (Å²) >= 11 is 1.19. The molecule has 0 unspecified atom stereocenters. The fraction of sp³-hybridized carbons (Fsp3) is 0.444. The topological polar surface area (TPSA) is 99.5 Å². The highest BCUT2D eigenvalue weighted by atomic mass is 32.1. The Hall–Kier alpha value is -1.47. The van der Waals surface area contributed by atoms with Gasteiger partial charge < -0.3 is 15.5 Å². The second-order valence-electron chi connectivity index (χ2n) is 3.19. The molecule has 0 saturated carbocycles. The van der Waals surface area contributed by atoms with Crippen LogP contribution < -0.4 is 5.32 Å². The average Bonchev–Trinajstić information content (AvgIpc) is 2.53. The maximum Gasteiger partial charge on any atom is 0.328 e. The molecule has 0 radical (unpaired) electrons. The van der Waals surface area contributed by atoms with Crippen LogP contribution in [0, 0.1) is 13.8 Å². The van der Waals surface area contributed by atoms with Crippen molar-refractivity contribution in [3.63, 3.8) is 0 Å². The summed E-state index contributed by atoms with van der Waals surface area (Å²) in [5, 5.41) is 20.4. The van der Waals surface area contributed by atoms with E-state index in [1.807, 2.05) is 0 Å². The summed E-state index contributed by atoms with van der Waals surface area (Å²) in [7, 11) is 0. The van der Waals surface area contributed by atoms with Crippen LogP contribution in [0.25, 0.3) is 0 Å². The molecule has 0 aliphatic heterocycles. The molecule has 1 heterocycles. The molecule has 0 bridgehead atoms. The largest absolute Gasteiger partial charge is 0.480 e. The van der Waals surface area contributed by atoms with Crippen molar-refractivity contribution in [2.45, 2.75) is 19.9 Å². The first-order valence-corrected chi connectivity index (χ1v) is 5.36. The normalized spacial score (nSPS) is 12.2.